The zero-order valence-electron chi connectivity index (χ0n) is 12.6. The fourth-order valence-electron chi connectivity index (χ4n) is 2.48. The first-order valence-corrected chi connectivity index (χ1v) is 9.59. The average molecular weight is 354 g/mol. The summed E-state index contributed by atoms with van der Waals surface area (Å²) in [5.74, 6) is -0.268. The Bertz CT molecular complexity index is 840. The Morgan fingerprint density at radius 1 is 1.43 bits per heavy atom. The highest BCUT2D eigenvalue weighted by atomic mass is 32.2. The van der Waals surface area contributed by atoms with Gasteiger partial charge in [-0.3, -0.25) is 0 Å². The fourth-order valence-corrected chi connectivity index (χ4v) is 5.37. The third-order valence-corrected chi connectivity index (χ3v) is 6.71. The summed E-state index contributed by atoms with van der Waals surface area (Å²) in [4.78, 5) is 12.0. The van der Waals surface area contributed by atoms with E-state index in [1.165, 1.54) is 7.11 Å². The normalized spacial score (nSPS) is 16.4. The highest BCUT2D eigenvalue weighted by Gasteiger charge is 2.32. The molecule has 0 aliphatic heterocycles. The molecule has 0 radical (unpaired) electrons. The van der Waals surface area contributed by atoms with E-state index in [-0.39, 0.29) is 22.4 Å². The van der Waals surface area contributed by atoms with E-state index < -0.39 is 16.0 Å². The molecule has 1 aliphatic rings. The molecule has 6 nitrogen and oxygen atoms in total. The van der Waals surface area contributed by atoms with Crippen LogP contribution in [0, 0.1) is 5.92 Å². The van der Waals surface area contributed by atoms with Crippen molar-refractivity contribution in [2.45, 2.75) is 23.8 Å². The number of carbonyl (C=O) groups excluding carboxylic acids is 1. The molecule has 0 spiro atoms. The van der Waals surface area contributed by atoms with E-state index in [1.54, 1.807) is 24.3 Å². The van der Waals surface area contributed by atoms with E-state index in [2.05, 4.69) is 4.72 Å². The maximum atomic E-state index is 12.7. The van der Waals surface area contributed by atoms with E-state index in [1.807, 2.05) is 0 Å². The Kier molecular flexibility index (Phi) is 4.41. The quantitative estimate of drug-likeness (QED) is 0.770. The number of methoxy groups -OCH3 is 1. The van der Waals surface area contributed by atoms with Crippen molar-refractivity contribution in [2.24, 2.45) is 11.7 Å². The summed E-state index contributed by atoms with van der Waals surface area (Å²) in [7, 11) is -2.61. The van der Waals surface area contributed by atoms with Gasteiger partial charge in [-0.2, -0.15) is 0 Å². The zero-order valence-corrected chi connectivity index (χ0v) is 14.2. The van der Waals surface area contributed by atoms with Crippen LogP contribution >= 0.6 is 11.3 Å². The molecule has 8 heteroatoms. The molecule has 1 aromatic heterocycles. The number of hydrogen-bond donors (Lipinski definition) is 2. The van der Waals surface area contributed by atoms with Gasteiger partial charge in [0.05, 0.1) is 7.11 Å². The van der Waals surface area contributed by atoms with Crippen LogP contribution in [0.4, 0.5) is 0 Å². The van der Waals surface area contributed by atoms with Crippen molar-refractivity contribution in [2.75, 3.05) is 13.7 Å². The third kappa shape index (κ3) is 3.25. The van der Waals surface area contributed by atoms with Crippen molar-refractivity contribution in [3.63, 3.8) is 0 Å². The van der Waals surface area contributed by atoms with Crippen molar-refractivity contribution in [3.05, 3.63) is 29.1 Å². The monoisotopic (exact) mass is 354 g/mol. The van der Waals surface area contributed by atoms with Gasteiger partial charge in [-0.25, -0.2) is 17.9 Å². The van der Waals surface area contributed by atoms with Crippen molar-refractivity contribution >= 4 is 37.4 Å². The summed E-state index contributed by atoms with van der Waals surface area (Å²) < 4.78 is 33.4. The van der Waals surface area contributed by atoms with Crippen LogP contribution in [0.3, 0.4) is 0 Å². The number of esters is 1. The molecule has 1 heterocycles. The van der Waals surface area contributed by atoms with E-state index in [4.69, 9.17) is 10.5 Å². The lowest BCUT2D eigenvalue weighted by Crippen LogP contribution is -2.38. The Hall–Kier alpha value is -1.48. The number of nitrogens with one attached hydrogen (secondary N) is 1. The summed E-state index contributed by atoms with van der Waals surface area (Å²) >= 11 is 1.11. The van der Waals surface area contributed by atoms with Gasteiger partial charge in [-0.15, -0.1) is 11.3 Å². The lowest BCUT2D eigenvalue weighted by atomic mass is 10.2. The predicted octanol–water partition coefficient (Wildman–Crippen LogP) is 1.70. The van der Waals surface area contributed by atoms with Gasteiger partial charge in [0.2, 0.25) is 10.0 Å². The fraction of sp³-hybridized carbons (Fsp3) is 0.400. The number of benzene rings is 1. The second kappa shape index (κ2) is 6.20. The lowest BCUT2D eigenvalue weighted by molar-refractivity contribution is 0.0602. The van der Waals surface area contributed by atoms with E-state index >= 15 is 0 Å². The number of ether oxygens (including phenoxy) is 1. The molecule has 23 heavy (non-hydrogen) atoms. The third-order valence-electron chi connectivity index (χ3n) is 3.93. The first-order chi connectivity index (χ1) is 10.9. The molecule has 1 atom stereocenters. The number of nitrogens with two attached hydrogens (primary N) is 1. The van der Waals surface area contributed by atoms with Crippen LogP contribution in [0.15, 0.2) is 29.2 Å². The molecule has 3 N–H and O–H groups in total. The molecular weight excluding hydrogens is 336 g/mol. The smallest absolute Gasteiger partial charge is 0.349 e. The Labute approximate surface area is 138 Å². The van der Waals surface area contributed by atoms with E-state index in [9.17, 15) is 13.2 Å². The molecule has 1 unspecified atom stereocenters. The van der Waals surface area contributed by atoms with Gasteiger partial charge in [0.25, 0.3) is 0 Å². The van der Waals surface area contributed by atoms with Gasteiger partial charge in [-0.05, 0) is 24.8 Å². The maximum absolute atomic E-state index is 12.7. The predicted molar refractivity (Wildman–Crippen MR) is 89.1 cm³/mol. The lowest BCUT2D eigenvalue weighted by Gasteiger charge is -2.12. The first kappa shape index (κ1) is 16.4. The molecule has 1 saturated carbocycles. The van der Waals surface area contributed by atoms with Gasteiger partial charge < -0.3 is 10.5 Å². The van der Waals surface area contributed by atoms with Crippen LogP contribution in [-0.4, -0.2) is 34.1 Å². The van der Waals surface area contributed by atoms with Gasteiger partial charge >= 0.3 is 5.97 Å². The van der Waals surface area contributed by atoms with Crippen LogP contribution < -0.4 is 10.5 Å². The largest absolute Gasteiger partial charge is 0.465 e. The van der Waals surface area contributed by atoms with Crippen LogP contribution in [0.25, 0.3) is 10.1 Å². The molecule has 0 amide bonds. The molecule has 0 saturated heterocycles. The highest BCUT2D eigenvalue weighted by molar-refractivity contribution is 7.90. The van der Waals surface area contributed by atoms with Crippen LogP contribution in [0.2, 0.25) is 0 Å². The molecule has 3 rings (SSSR count). The number of fused-ring (bicyclic) bond motifs is 1. The van der Waals surface area contributed by atoms with Gasteiger partial charge in [0.15, 0.2) is 0 Å². The minimum atomic E-state index is -3.85. The van der Waals surface area contributed by atoms with E-state index in [0.29, 0.717) is 11.3 Å². The van der Waals surface area contributed by atoms with Crippen LogP contribution in [0.1, 0.15) is 22.5 Å². The number of thiophene rings is 1. The van der Waals surface area contributed by atoms with E-state index in [0.717, 1.165) is 28.9 Å². The maximum Gasteiger partial charge on any atom is 0.349 e. The minimum absolute atomic E-state index is 0.0204. The summed E-state index contributed by atoms with van der Waals surface area (Å²) in [6.07, 6.45) is 2.08. The molecule has 124 valence electrons. The Morgan fingerprint density at radius 2 is 2.13 bits per heavy atom. The van der Waals surface area contributed by atoms with Crippen molar-refractivity contribution < 1.29 is 17.9 Å². The molecular formula is C15H18N2O4S2. The van der Waals surface area contributed by atoms with Crippen LogP contribution in [0.5, 0.6) is 0 Å². The highest BCUT2D eigenvalue weighted by Crippen LogP contribution is 2.35. The molecule has 1 aromatic carbocycles. The number of carbonyl (C=O) groups is 1. The zero-order chi connectivity index (χ0) is 16.6. The van der Waals surface area contributed by atoms with Crippen molar-refractivity contribution in [1.29, 1.82) is 0 Å². The van der Waals surface area contributed by atoms with Gasteiger partial charge in [-0.1, -0.05) is 18.2 Å². The summed E-state index contributed by atoms with van der Waals surface area (Å²) in [5.41, 5.74) is 5.96. The minimum Gasteiger partial charge on any atom is -0.465 e. The Balaban J connectivity index is 2.00. The second-order valence-corrected chi connectivity index (χ2v) is 8.36. The molecule has 0 bridgehead atoms. The van der Waals surface area contributed by atoms with Crippen LogP contribution in [-0.2, 0) is 14.8 Å². The SMILES string of the molecule is COC(=O)c1sc2ccccc2c1S(=O)(=O)NCC(N)C1CC1. The van der Waals surface area contributed by atoms with Crippen molar-refractivity contribution in [1.82, 2.24) is 4.72 Å². The summed E-state index contributed by atoms with van der Waals surface area (Å²) in [6.45, 7) is 0.164. The summed E-state index contributed by atoms with van der Waals surface area (Å²) in [6, 6.07) is 6.81. The Morgan fingerprint density at radius 3 is 2.78 bits per heavy atom. The average Bonchev–Trinajstić information content (AvgIpc) is 3.31. The number of hydrogen-bond acceptors (Lipinski definition) is 6. The van der Waals surface area contributed by atoms with Gasteiger partial charge in [0, 0.05) is 22.7 Å². The second-order valence-electron chi connectivity index (χ2n) is 5.60. The van der Waals surface area contributed by atoms with Crippen molar-refractivity contribution in [3.8, 4) is 0 Å². The van der Waals surface area contributed by atoms with Gasteiger partial charge in [0.1, 0.15) is 9.77 Å². The standard InChI is InChI=1S/C15H18N2O4S2/c1-21-15(18)13-14(10-4-2-3-5-12(10)22-13)23(19,20)17-8-11(16)9-6-7-9/h2-5,9,11,17H,6-8,16H2,1H3. The molecule has 1 fully saturated rings. The summed E-state index contributed by atoms with van der Waals surface area (Å²) in [5, 5.41) is 0.519. The topological polar surface area (TPSA) is 98.5 Å². The number of sulfonamides is 1. The first-order valence-electron chi connectivity index (χ1n) is 7.29. The molecule has 2 aromatic rings. The molecule has 1 aliphatic carbocycles. The number of rotatable bonds is 6.